The van der Waals surface area contributed by atoms with E-state index < -0.39 is 0 Å². The van der Waals surface area contributed by atoms with Crippen LogP contribution in [0.15, 0.2) is 34.3 Å². The van der Waals surface area contributed by atoms with Crippen LogP contribution < -0.4 is 0 Å². The normalized spacial score (nSPS) is 18.9. The van der Waals surface area contributed by atoms with Crippen molar-refractivity contribution in [3.8, 4) is 11.5 Å². The monoisotopic (exact) mass is 602 g/mol. The van der Waals surface area contributed by atoms with E-state index in [-0.39, 0.29) is 33.7 Å². The molecule has 0 spiro atoms. The summed E-state index contributed by atoms with van der Waals surface area (Å²) in [5.74, 6) is 0.713. The molecule has 0 aliphatic heterocycles. The van der Waals surface area contributed by atoms with Gasteiger partial charge in [0.2, 0.25) is 0 Å². The third-order valence-corrected chi connectivity index (χ3v) is 10.9. The highest BCUT2D eigenvalue weighted by Crippen LogP contribution is 2.42. The van der Waals surface area contributed by atoms with E-state index in [0.717, 1.165) is 73.6 Å². The van der Waals surface area contributed by atoms with E-state index >= 15 is 0 Å². The molecule has 1 fully saturated rings. The fraction of sp³-hybridized carbons (Fsp3) is 0.650. The van der Waals surface area contributed by atoms with Crippen molar-refractivity contribution < 1.29 is 10.2 Å². The second-order valence-electron chi connectivity index (χ2n) is 15.9. The molecule has 4 nitrogen and oxygen atoms in total. The molecular weight excluding hydrogens is 540 g/mol. The minimum atomic E-state index is -0.0975. The maximum Gasteiger partial charge on any atom is 0.128 e. The average Bonchev–Trinajstić information content (AvgIpc) is 2.98. The van der Waals surface area contributed by atoms with E-state index in [0.29, 0.717) is 11.5 Å². The van der Waals surface area contributed by atoms with E-state index in [9.17, 15) is 10.2 Å². The van der Waals surface area contributed by atoms with Crippen LogP contribution in [-0.2, 0) is 21.7 Å². The highest BCUT2D eigenvalue weighted by Gasteiger charge is 2.31. The summed E-state index contributed by atoms with van der Waals surface area (Å²) in [6.07, 6.45) is 11.8. The van der Waals surface area contributed by atoms with Gasteiger partial charge in [0.05, 0.1) is 12.1 Å². The van der Waals surface area contributed by atoms with Crippen LogP contribution in [0.2, 0.25) is 0 Å². The van der Waals surface area contributed by atoms with E-state index in [1.54, 1.807) is 0 Å². The third kappa shape index (κ3) is 7.77. The summed E-state index contributed by atoms with van der Waals surface area (Å²) >= 11 is 0. The van der Waals surface area contributed by atoms with Crippen LogP contribution >= 0.6 is 0 Å². The highest BCUT2D eigenvalue weighted by molar-refractivity contribution is 5.86. The van der Waals surface area contributed by atoms with Gasteiger partial charge in [-0.05, 0) is 83.4 Å². The predicted octanol–water partition coefficient (Wildman–Crippen LogP) is 10.7. The van der Waals surface area contributed by atoms with Crippen LogP contribution in [0.25, 0.3) is 0 Å². The number of phenolic OH excluding ortho intramolecular Hbond substituents is 2. The van der Waals surface area contributed by atoms with Crippen LogP contribution in [-0.4, -0.2) is 34.7 Å². The van der Waals surface area contributed by atoms with Crippen molar-refractivity contribution in [2.24, 2.45) is 9.98 Å². The van der Waals surface area contributed by atoms with Crippen molar-refractivity contribution in [3.63, 3.8) is 0 Å². The van der Waals surface area contributed by atoms with Crippen LogP contribution in [0.3, 0.4) is 0 Å². The van der Waals surface area contributed by atoms with Gasteiger partial charge in [0.25, 0.3) is 0 Å². The first-order valence-electron chi connectivity index (χ1n) is 17.3. The Labute approximate surface area is 269 Å². The van der Waals surface area contributed by atoms with Gasteiger partial charge in [0.1, 0.15) is 11.5 Å². The molecule has 4 heteroatoms. The third-order valence-electron chi connectivity index (χ3n) is 10.9. The minimum Gasteiger partial charge on any atom is -0.507 e. The lowest BCUT2D eigenvalue weighted by Crippen LogP contribution is -2.27. The quantitative estimate of drug-likeness (QED) is 0.266. The Morgan fingerprint density at radius 1 is 0.591 bits per heavy atom. The van der Waals surface area contributed by atoms with E-state index in [4.69, 9.17) is 9.98 Å². The fourth-order valence-corrected chi connectivity index (χ4v) is 6.35. The number of hydrogen-bond donors (Lipinski definition) is 2. The largest absolute Gasteiger partial charge is 0.507 e. The van der Waals surface area contributed by atoms with Gasteiger partial charge in [0.15, 0.2) is 0 Å². The Balaban J connectivity index is 2.04. The lowest BCUT2D eigenvalue weighted by molar-refractivity contribution is 0.388. The van der Waals surface area contributed by atoms with Crippen molar-refractivity contribution in [3.05, 3.63) is 57.6 Å². The molecular formula is C40H62N2O2. The Bertz CT molecular complexity index is 1230. The minimum absolute atomic E-state index is 0.0360. The van der Waals surface area contributed by atoms with Gasteiger partial charge >= 0.3 is 0 Å². The lowest BCUT2D eigenvalue weighted by atomic mass is 9.74. The van der Waals surface area contributed by atoms with Crippen LogP contribution in [0.5, 0.6) is 11.5 Å². The lowest BCUT2D eigenvalue weighted by Gasteiger charge is -2.32. The molecule has 0 radical (unpaired) electrons. The zero-order valence-corrected chi connectivity index (χ0v) is 30.1. The summed E-state index contributed by atoms with van der Waals surface area (Å²) in [6, 6.07) is 8.72. The van der Waals surface area contributed by atoms with E-state index in [1.165, 1.54) is 11.1 Å². The molecule has 44 heavy (non-hydrogen) atoms. The predicted molar refractivity (Wildman–Crippen MR) is 191 cm³/mol. The van der Waals surface area contributed by atoms with E-state index in [2.05, 4.69) is 107 Å². The van der Waals surface area contributed by atoms with Crippen LogP contribution in [0.4, 0.5) is 0 Å². The molecule has 0 amide bonds. The van der Waals surface area contributed by atoms with E-state index in [1.807, 2.05) is 12.4 Å². The highest BCUT2D eigenvalue weighted by atomic mass is 16.3. The smallest absolute Gasteiger partial charge is 0.128 e. The summed E-state index contributed by atoms with van der Waals surface area (Å²) in [7, 11) is 0. The maximum atomic E-state index is 11.5. The Kier molecular flexibility index (Phi) is 11.2. The molecule has 0 saturated heterocycles. The first-order chi connectivity index (χ1) is 20.4. The molecule has 2 unspecified atom stereocenters. The molecule has 2 aromatic carbocycles. The number of nitrogens with zero attached hydrogens (tertiary/aromatic N) is 2. The number of phenols is 2. The van der Waals surface area contributed by atoms with Gasteiger partial charge in [0, 0.05) is 34.7 Å². The molecule has 0 heterocycles. The number of benzene rings is 2. The Morgan fingerprint density at radius 2 is 0.909 bits per heavy atom. The second kappa shape index (κ2) is 13.8. The summed E-state index contributed by atoms with van der Waals surface area (Å²) in [5, 5.41) is 23.1. The average molecular weight is 603 g/mol. The molecule has 2 N–H and O–H groups in total. The zero-order chi connectivity index (χ0) is 33.1. The maximum absolute atomic E-state index is 11.5. The molecule has 2 atom stereocenters. The number of rotatable bonds is 10. The zero-order valence-electron chi connectivity index (χ0n) is 30.1. The van der Waals surface area contributed by atoms with Crippen molar-refractivity contribution in [1.82, 2.24) is 0 Å². The summed E-state index contributed by atoms with van der Waals surface area (Å²) in [6.45, 7) is 26.7. The number of hydrogen-bond acceptors (Lipinski definition) is 4. The van der Waals surface area contributed by atoms with Gasteiger partial charge < -0.3 is 10.2 Å². The standard InChI is InChI=1S/C40H62N2O2/c1-13-39(11,14-2)31-23-29(37(5,6)7)21-27(35(31)43)25-41-33-19-17-18-20-34(33)42-26-28-22-30(38(8,9)10)24-32(36(28)44)40(12,15-3)16-4/h21-26,33-34,43-44H,13-20H2,1-12H3. The van der Waals surface area contributed by atoms with Crippen molar-refractivity contribution in [1.29, 1.82) is 0 Å². The first kappa shape index (κ1) is 35.9. The molecule has 0 bridgehead atoms. The van der Waals surface area contributed by atoms with Gasteiger partial charge in [-0.25, -0.2) is 0 Å². The Hall–Kier alpha value is -2.62. The molecule has 244 valence electrons. The number of aromatic hydroxyl groups is 2. The Morgan fingerprint density at radius 3 is 1.18 bits per heavy atom. The molecule has 1 aliphatic rings. The van der Waals surface area contributed by atoms with Crippen molar-refractivity contribution in [2.75, 3.05) is 0 Å². The first-order valence-corrected chi connectivity index (χ1v) is 17.3. The van der Waals surface area contributed by atoms with Crippen molar-refractivity contribution >= 4 is 12.4 Å². The fourth-order valence-electron chi connectivity index (χ4n) is 6.35. The van der Waals surface area contributed by atoms with Gasteiger partial charge in [-0.1, -0.05) is 108 Å². The summed E-state index contributed by atoms with van der Waals surface area (Å²) in [4.78, 5) is 10.2. The van der Waals surface area contributed by atoms with Gasteiger partial charge in [-0.2, -0.15) is 0 Å². The van der Waals surface area contributed by atoms with Crippen molar-refractivity contribution in [2.45, 2.75) is 168 Å². The van der Waals surface area contributed by atoms with Gasteiger partial charge in [-0.15, -0.1) is 0 Å². The van der Waals surface area contributed by atoms with Crippen LogP contribution in [0.1, 0.15) is 168 Å². The molecule has 3 rings (SSSR count). The molecule has 0 aromatic heterocycles. The van der Waals surface area contributed by atoms with Crippen LogP contribution in [0, 0.1) is 0 Å². The number of aliphatic imine (C=N–C) groups is 2. The molecule has 1 saturated carbocycles. The second-order valence-corrected chi connectivity index (χ2v) is 15.9. The van der Waals surface area contributed by atoms with Gasteiger partial charge in [-0.3, -0.25) is 9.98 Å². The SMILES string of the molecule is CCC(C)(CC)c1cc(C(C)(C)C)cc(C=NC2CCCCC2N=Cc2cc(C(C)(C)C)cc(C(C)(CC)CC)c2O)c1O. The summed E-state index contributed by atoms with van der Waals surface area (Å²) < 4.78 is 0. The molecule has 1 aliphatic carbocycles. The summed E-state index contributed by atoms with van der Waals surface area (Å²) in [5.41, 5.74) is 5.79. The topological polar surface area (TPSA) is 65.2 Å². The molecule has 2 aromatic rings.